The van der Waals surface area contributed by atoms with Crippen LogP contribution < -0.4 is 0 Å². The Labute approximate surface area is 268 Å². The van der Waals surface area contributed by atoms with E-state index in [-0.39, 0.29) is 35.8 Å². The standard InChI is InChI=1S/C33H55N5O7/c1-24-26(25(2)45-34-24)13-14-28(39)35(6)19-11-12-27-30(41)36(7)18-10-9-15-33(23-43-22-29(40)37(27)8)16-20-38(21-17-33)31(42)44-32(3,4)5/h27H,9-23H2,1-8H3/t27-/m0/s1. The zero-order valence-corrected chi connectivity index (χ0v) is 28.8. The van der Waals surface area contributed by atoms with Crippen molar-refractivity contribution in [2.75, 3.05) is 60.5 Å². The van der Waals surface area contributed by atoms with E-state index < -0.39 is 11.6 Å². The van der Waals surface area contributed by atoms with E-state index in [4.69, 9.17) is 14.0 Å². The van der Waals surface area contributed by atoms with Crippen LogP contribution in [0, 0.1) is 19.3 Å². The fraction of sp³-hybridized carbons (Fsp3) is 0.788. The van der Waals surface area contributed by atoms with Gasteiger partial charge in [-0.25, -0.2) is 4.79 Å². The van der Waals surface area contributed by atoms with E-state index in [2.05, 4.69) is 5.16 Å². The number of aromatic nitrogens is 1. The summed E-state index contributed by atoms with van der Waals surface area (Å²) in [5, 5.41) is 3.96. The molecule has 0 bridgehead atoms. The molecule has 2 aliphatic heterocycles. The number of amides is 4. The number of carbonyl (C=O) groups excluding carboxylic acids is 4. The molecule has 1 aromatic rings. The lowest BCUT2D eigenvalue weighted by Gasteiger charge is -2.42. The fourth-order valence-electron chi connectivity index (χ4n) is 6.21. The summed E-state index contributed by atoms with van der Waals surface area (Å²) < 4.78 is 16.8. The van der Waals surface area contributed by atoms with Crippen LogP contribution in [0.1, 0.15) is 89.2 Å². The molecule has 12 heteroatoms. The van der Waals surface area contributed by atoms with Gasteiger partial charge < -0.3 is 33.6 Å². The van der Waals surface area contributed by atoms with Gasteiger partial charge in [0.1, 0.15) is 24.0 Å². The Bertz CT molecular complexity index is 1150. The SMILES string of the molecule is Cc1noc(C)c1CCC(=O)N(C)CCC[C@H]1C(=O)N(C)CCCCC2(CCN(C(=O)OC(C)(C)C)CC2)COCC(=O)N1C. The Morgan fingerprint density at radius 3 is 2.38 bits per heavy atom. The van der Waals surface area contributed by atoms with Crippen LogP contribution in [0.25, 0.3) is 0 Å². The summed E-state index contributed by atoms with van der Waals surface area (Å²) in [4.78, 5) is 58.9. The van der Waals surface area contributed by atoms with Crippen LogP contribution in [0.4, 0.5) is 4.79 Å². The molecule has 3 rings (SSSR count). The van der Waals surface area contributed by atoms with Gasteiger partial charge in [0.2, 0.25) is 17.7 Å². The number of rotatable bonds is 7. The van der Waals surface area contributed by atoms with Gasteiger partial charge in [0.05, 0.1) is 12.3 Å². The maximum absolute atomic E-state index is 13.6. The predicted molar refractivity (Wildman–Crippen MR) is 170 cm³/mol. The van der Waals surface area contributed by atoms with Crippen LogP contribution in [0.3, 0.4) is 0 Å². The van der Waals surface area contributed by atoms with Crippen LogP contribution in [0.5, 0.6) is 0 Å². The number of nitrogens with zero attached hydrogens (tertiary/aromatic N) is 5. The number of hydrogen-bond donors (Lipinski definition) is 0. The summed E-state index contributed by atoms with van der Waals surface area (Å²) in [6.45, 7) is 11.9. The van der Waals surface area contributed by atoms with Crippen molar-refractivity contribution in [2.24, 2.45) is 5.41 Å². The Balaban J connectivity index is 1.56. The summed E-state index contributed by atoms with van der Waals surface area (Å²) >= 11 is 0. The van der Waals surface area contributed by atoms with E-state index in [1.807, 2.05) is 34.6 Å². The topological polar surface area (TPSA) is 126 Å². The van der Waals surface area contributed by atoms with Gasteiger partial charge >= 0.3 is 6.09 Å². The number of hydrogen-bond acceptors (Lipinski definition) is 8. The first-order valence-corrected chi connectivity index (χ1v) is 16.3. The maximum Gasteiger partial charge on any atom is 0.410 e. The average molecular weight is 634 g/mol. The number of likely N-dealkylation sites (tertiary alicyclic amines) is 1. The molecule has 12 nitrogen and oxygen atoms in total. The zero-order valence-electron chi connectivity index (χ0n) is 28.8. The second-order valence-electron chi connectivity index (χ2n) is 14.0. The molecular weight excluding hydrogens is 578 g/mol. The van der Waals surface area contributed by atoms with Crippen molar-refractivity contribution < 1.29 is 33.2 Å². The number of aryl methyl sites for hydroxylation is 2. The predicted octanol–water partition coefficient (Wildman–Crippen LogP) is 3.97. The molecule has 2 fully saturated rings. The van der Waals surface area contributed by atoms with E-state index >= 15 is 0 Å². The second kappa shape index (κ2) is 15.9. The number of likely N-dealkylation sites (N-methyl/N-ethyl adjacent to an activating group) is 2. The normalized spacial score (nSPS) is 20.4. The molecule has 254 valence electrons. The summed E-state index contributed by atoms with van der Waals surface area (Å²) in [7, 11) is 5.23. The molecular formula is C33H55N5O7. The van der Waals surface area contributed by atoms with E-state index in [0.717, 1.165) is 49.1 Å². The Kier molecular flexibility index (Phi) is 12.8. The van der Waals surface area contributed by atoms with Crippen LogP contribution in [0.2, 0.25) is 0 Å². The van der Waals surface area contributed by atoms with Crippen molar-refractivity contribution in [1.29, 1.82) is 0 Å². The van der Waals surface area contributed by atoms with Crippen molar-refractivity contribution >= 4 is 23.8 Å². The fourth-order valence-corrected chi connectivity index (χ4v) is 6.21. The first-order valence-electron chi connectivity index (χ1n) is 16.3. The highest BCUT2D eigenvalue weighted by atomic mass is 16.6. The smallest absolute Gasteiger partial charge is 0.410 e. The summed E-state index contributed by atoms with van der Waals surface area (Å²) in [6.07, 6.45) is 5.85. The number of ether oxygens (including phenoxy) is 2. The first kappa shape index (κ1) is 36.3. The largest absolute Gasteiger partial charge is 0.444 e. The van der Waals surface area contributed by atoms with Gasteiger partial charge in [0.15, 0.2) is 0 Å². The molecule has 1 spiro atoms. The maximum atomic E-state index is 13.6. The van der Waals surface area contributed by atoms with Crippen molar-refractivity contribution in [3.05, 3.63) is 17.0 Å². The minimum atomic E-state index is -0.635. The van der Waals surface area contributed by atoms with Crippen LogP contribution in [-0.4, -0.2) is 121 Å². The molecule has 0 saturated carbocycles. The Hall–Kier alpha value is -3.15. The van der Waals surface area contributed by atoms with Gasteiger partial charge in [-0.05, 0) is 85.0 Å². The lowest BCUT2D eigenvalue weighted by Crippen LogP contribution is -2.50. The molecule has 3 heterocycles. The lowest BCUT2D eigenvalue weighted by atomic mass is 9.75. The molecule has 0 unspecified atom stereocenters. The van der Waals surface area contributed by atoms with Gasteiger partial charge in [-0.15, -0.1) is 0 Å². The highest BCUT2D eigenvalue weighted by Crippen LogP contribution is 2.37. The first-order chi connectivity index (χ1) is 21.1. The molecule has 45 heavy (non-hydrogen) atoms. The minimum absolute atomic E-state index is 0.0112. The molecule has 0 aliphatic carbocycles. The molecule has 4 amide bonds. The number of carbonyl (C=O) groups is 4. The molecule has 1 atom stereocenters. The summed E-state index contributed by atoms with van der Waals surface area (Å²) in [5.41, 5.74) is 1.10. The highest BCUT2D eigenvalue weighted by molar-refractivity contribution is 5.88. The van der Waals surface area contributed by atoms with E-state index in [1.54, 1.807) is 35.8 Å². The van der Waals surface area contributed by atoms with Gasteiger partial charge in [-0.3, -0.25) is 14.4 Å². The lowest BCUT2D eigenvalue weighted by molar-refractivity contribution is -0.147. The molecule has 0 aromatic carbocycles. The van der Waals surface area contributed by atoms with Crippen LogP contribution in [-0.2, 0) is 30.3 Å². The van der Waals surface area contributed by atoms with E-state index in [9.17, 15) is 19.2 Å². The molecule has 2 aliphatic rings. The molecule has 1 aromatic heterocycles. The van der Waals surface area contributed by atoms with Crippen molar-refractivity contribution in [3.8, 4) is 0 Å². The Morgan fingerprint density at radius 1 is 1.07 bits per heavy atom. The third-order valence-corrected chi connectivity index (χ3v) is 9.25. The minimum Gasteiger partial charge on any atom is -0.444 e. The quantitative estimate of drug-likeness (QED) is 0.442. The molecule has 0 radical (unpaired) electrons. The summed E-state index contributed by atoms with van der Waals surface area (Å²) in [5.74, 6) is 0.403. The zero-order chi connectivity index (χ0) is 33.4. The number of piperidine rings is 1. The van der Waals surface area contributed by atoms with Crippen LogP contribution >= 0.6 is 0 Å². The van der Waals surface area contributed by atoms with Gasteiger partial charge in [-0.1, -0.05) is 11.6 Å². The van der Waals surface area contributed by atoms with Gasteiger partial charge in [0.25, 0.3) is 0 Å². The third-order valence-electron chi connectivity index (χ3n) is 9.25. The molecule has 0 N–H and O–H groups in total. The second-order valence-corrected chi connectivity index (χ2v) is 14.0. The van der Waals surface area contributed by atoms with Crippen molar-refractivity contribution in [3.63, 3.8) is 0 Å². The van der Waals surface area contributed by atoms with E-state index in [0.29, 0.717) is 58.5 Å². The van der Waals surface area contributed by atoms with Crippen molar-refractivity contribution in [1.82, 2.24) is 24.8 Å². The summed E-state index contributed by atoms with van der Waals surface area (Å²) in [6, 6.07) is -0.635. The monoisotopic (exact) mass is 633 g/mol. The Morgan fingerprint density at radius 2 is 1.76 bits per heavy atom. The average Bonchev–Trinajstić information content (AvgIpc) is 3.30. The third kappa shape index (κ3) is 10.4. The van der Waals surface area contributed by atoms with E-state index in [1.165, 1.54) is 4.90 Å². The molecule has 2 saturated heterocycles. The van der Waals surface area contributed by atoms with Gasteiger partial charge in [0, 0.05) is 59.3 Å². The van der Waals surface area contributed by atoms with Crippen LogP contribution in [0.15, 0.2) is 4.52 Å². The van der Waals surface area contributed by atoms with Gasteiger partial charge in [-0.2, -0.15) is 0 Å². The highest BCUT2D eigenvalue weighted by Gasteiger charge is 2.38. The van der Waals surface area contributed by atoms with Crippen molar-refractivity contribution in [2.45, 2.75) is 104 Å².